The summed E-state index contributed by atoms with van der Waals surface area (Å²) in [6.45, 7) is 0. The summed E-state index contributed by atoms with van der Waals surface area (Å²) >= 11 is 0. The van der Waals surface area contributed by atoms with Gasteiger partial charge in [0.15, 0.2) is 0 Å². The molecule has 2 aromatic rings. The van der Waals surface area contributed by atoms with Crippen molar-refractivity contribution in [1.29, 1.82) is 0 Å². The number of anilines is 3. The molecule has 0 atom stereocenters. The fraction of sp³-hybridized carbons (Fsp3) is 0.0769. The van der Waals surface area contributed by atoms with Gasteiger partial charge in [0.1, 0.15) is 5.82 Å². The van der Waals surface area contributed by atoms with E-state index in [-0.39, 0.29) is 5.82 Å². The maximum absolute atomic E-state index is 13.6. The Morgan fingerprint density at radius 1 is 0.938 bits per heavy atom. The second-order valence-electron chi connectivity index (χ2n) is 3.57. The van der Waals surface area contributed by atoms with Crippen LogP contribution in [0.4, 0.5) is 21.5 Å². The van der Waals surface area contributed by atoms with Crippen molar-refractivity contribution in [1.82, 2.24) is 0 Å². The molecule has 2 rings (SSSR count). The smallest absolute Gasteiger partial charge is 0.146 e. The van der Waals surface area contributed by atoms with Crippen LogP contribution in [0.3, 0.4) is 0 Å². The molecule has 0 aromatic heterocycles. The van der Waals surface area contributed by atoms with E-state index >= 15 is 0 Å². The monoisotopic (exact) mass is 216 g/mol. The number of benzene rings is 2. The van der Waals surface area contributed by atoms with Gasteiger partial charge < -0.3 is 10.6 Å². The number of nitrogen functional groups attached to an aromatic ring is 1. The quantitative estimate of drug-likeness (QED) is 0.781. The van der Waals surface area contributed by atoms with Gasteiger partial charge in [-0.05, 0) is 24.3 Å². The lowest BCUT2D eigenvalue weighted by Gasteiger charge is -2.21. The molecule has 0 aliphatic heterocycles. The highest BCUT2D eigenvalue weighted by atomic mass is 19.1. The van der Waals surface area contributed by atoms with Crippen molar-refractivity contribution in [3.05, 3.63) is 54.3 Å². The van der Waals surface area contributed by atoms with Gasteiger partial charge in [-0.25, -0.2) is 4.39 Å². The van der Waals surface area contributed by atoms with Gasteiger partial charge in [0.25, 0.3) is 0 Å². The molecule has 0 saturated heterocycles. The van der Waals surface area contributed by atoms with E-state index in [0.29, 0.717) is 11.4 Å². The SMILES string of the molecule is CN(c1ccccc1N)c1ccccc1F. The number of halogens is 1. The Morgan fingerprint density at radius 3 is 2.12 bits per heavy atom. The molecule has 0 heterocycles. The zero-order valence-corrected chi connectivity index (χ0v) is 9.02. The number of rotatable bonds is 2. The first-order valence-corrected chi connectivity index (χ1v) is 5.03. The lowest BCUT2D eigenvalue weighted by Crippen LogP contribution is -2.12. The molecule has 0 bridgehead atoms. The van der Waals surface area contributed by atoms with E-state index in [0.717, 1.165) is 5.69 Å². The van der Waals surface area contributed by atoms with Crippen LogP contribution in [0.15, 0.2) is 48.5 Å². The summed E-state index contributed by atoms with van der Waals surface area (Å²) in [6, 6.07) is 14.0. The van der Waals surface area contributed by atoms with Crippen molar-refractivity contribution in [3.63, 3.8) is 0 Å². The summed E-state index contributed by atoms with van der Waals surface area (Å²) in [7, 11) is 1.80. The van der Waals surface area contributed by atoms with Crippen molar-refractivity contribution in [2.24, 2.45) is 0 Å². The van der Waals surface area contributed by atoms with Crippen molar-refractivity contribution < 1.29 is 4.39 Å². The van der Waals surface area contributed by atoms with E-state index < -0.39 is 0 Å². The number of nitrogens with zero attached hydrogens (tertiary/aromatic N) is 1. The summed E-state index contributed by atoms with van der Waals surface area (Å²) in [5.41, 5.74) is 7.79. The molecule has 3 heteroatoms. The maximum atomic E-state index is 13.6. The Bertz CT molecular complexity index is 451. The van der Waals surface area contributed by atoms with Crippen LogP contribution in [0.25, 0.3) is 0 Å². The third kappa shape index (κ3) is 1.84. The molecular formula is C13H13FN2. The highest BCUT2D eigenvalue weighted by molar-refractivity contribution is 5.74. The van der Waals surface area contributed by atoms with Gasteiger partial charge >= 0.3 is 0 Å². The van der Waals surface area contributed by atoms with Crippen LogP contribution in [-0.2, 0) is 0 Å². The van der Waals surface area contributed by atoms with Gasteiger partial charge in [-0.15, -0.1) is 0 Å². The van der Waals surface area contributed by atoms with E-state index in [1.807, 2.05) is 18.2 Å². The van der Waals surface area contributed by atoms with Crippen molar-refractivity contribution in [2.75, 3.05) is 17.7 Å². The number of nitrogens with two attached hydrogens (primary N) is 1. The van der Waals surface area contributed by atoms with Gasteiger partial charge in [-0.2, -0.15) is 0 Å². The Morgan fingerprint density at radius 2 is 1.50 bits per heavy atom. The summed E-state index contributed by atoms with van der Waals surface area (Å²) in [6.07, 6.45) is 0. The fourth-order valence-corrected chi connectivity index (χ4v) is 1.65. The van der Waals surface area contributed by atoms with Gasteiger partial charge in [0, 0.05) is 7.05 Å². The molecule has 0 saturated carbocycles. The summed E-state index contributed by atoms with van der Waals surface area (Å²) in [4.78, 5) is 1.74. The Balaban J connectivity index is 2.44. The molecule has 2 nitrogen and oxygen atoms in total. The molecule has 0 spiro atoms. The molecule has 0 unspecified atom stereocenters. The topological polar surface area (TPSA) is 29.3 Å². The van der Waals surface area contributed by atoms with Crippen LogP contribution in [0.2, 0.25) is 0 Å². The first kappa shape index (κ1) is 10.5. The van der Waals surface area contributed by atoms with Gasteiger partial charge in [-0.1, -0.05) is 24.3 Å². The predicted molar refractivity (Wildman–Crippen MR) is 65.3 cm³/mol. The Labute approximate surface area is 94.1 Å². The maximum Gasteiger partial charge on any atom is 0.146 e. The molecule has 0 amide bonds. The second-order valence-corrected chi connectivity index (χ2v) is 3.57. The summed E-state index contributed by atoms with van der Waals surface area (Å²) < 4.78 is 13.6. The number of hydrogen-bond acceptors (Lipinski definition) is 2. The fourth-order valence-electron chi connectivity index (χ4n) is 1.65. The molecule has 2 N–H and O–H groups in total. The zero-order chi connectivity index (χ0) is 11.5. The van der Waals surface area contributed by atoms with Crippen LogP contribution in [0.5, 0.6) is 0 Å². The lowest BCUT2D eigenvalue weighted by atomic mass is 10.2. The third-order valence-corrected chi connectivity index (χ3v) is 2.51. The van der Waals surface area contributed by atoms with Gasteiger partial charge in [-0.3, -0.25) is 0 Å². The molecule has 0 aliphatic carbocycles. The highest BCUT2D eigenvalue weighted by Crippen LogP contribution is 2.29. The van der Waals surface area contributed by atoms with Gasteiger partial charge in [0.2, 0.25) is 0 Å². The van der Waals surface area contributed by atoms with E-state index in [2.05, 4.69) is 0 Å². The van der Waals surface area contributed by atoms with Crippen LogP contribution in [-0.4, -0.2) is 7.05 Å². The first-order chi connectivity index (χ1) is 7.70. The first-order valence-electron chi connectivity index (χ1n) is 5.03. The minimum Gasteiger partial charge on any atom is -0.397 e. The predicted octanol–water partition coefficient (Wildman–Crippen LogP) is 3.18. The zero-order valence-electron chi connectivity index (χ0n) is 9.02. The van der Waals surface area contributed by atoms with Crippen LogP contribution >= 0.6 is 0 Å². The molecular weight excluding hydrogens is 203 g/mol. The molecule has 82 valence electrons. The average molecular weight is 216 g/mol. The molecule has 0 radical (unpaired) electrons. The van der Waals surface area contributed by atoms with Crippen molar-refractivity contribution >= 4 is 17.1 Å². The van der Waals surface area contributed by atoms with Crippen LogP contribution < -0.4 is 10.6 Å². The summed E-state index contributed by atoms with van der Waals surface area (Å²) in [5.74, 6) is -0.256. The lowest BCUT2D eigenvalue weighted by molar-refractivity contribution is 0.627. The standard InChI is InChI=1S/C13H13FN2/c1-16(12-8-4-2-6-10(12)14)13-9-5-3-7-11(13)15/h2-9H,15H2,1H3. The second kappa shape index (κ2) is 4.23. The molecule has 16 heavy (non-hydrogen) atoms. The largest absolute Gasteiger partial charge is 0.397 e. The van der Waals surface area contributed by atoms with Gasteiger partial charge in [0.05, 0.1) is 17.1 Å². The van der Waals surface area contributed by atoms with Crippen LogP contribution in [0, 0.1) is 5.82 Å². The van der Waals surface area contributed by atoms with E-state index in [1.165, 1.54) is 6.07 Å². The highest BCUT2D eigenvalue weighted by Gasteiger charge is 2.10. The average Bonchev–Trinajstić information content (AvgIpc) is 2.29. The Kier molecular flexibility index (Phi) is 2.77. The van der Waals surface area contributed by atoms with E-state index in [4.69, 9.17) is 5.73 Å². The number of para-hydroxylation sites is 3. The normalized spacial score (nSPS) is 10.1. The minimum absolute atomic E-state index is 0.256. The summed E-state index contributed by atoms with van der Waals surface area (Å²) in [5, 5.41) is 0. The molecule has 2 aromatic carbocycles. The van der Waals surface area contributed by atoms with Crippen molar-refractivity contribution in [2.45, 2.75) is 0 Å². The van der Waals surface area contributed by atoms with E-state index in [9.17, 15) is 4.39 Å². The molecule has 0 fully saturated rings. The third-order valence-electron chi connectivity index (χ3n) is 2.51. The van der Waals surface area contributed by atoms with Crippen LogP contribution in [0.1, 0.15) is 0 Å². The minimum atomic E-state index is -0.256. The number of hydrogen-bond donors (Lipinski definition) is 1. The van der Waals surface area contributed by atoms with E-state index in [1.54, 1.807) is 36.2 Å². The molecule has 0 aliphatic rings. The van der Waals surface area contributed by atoms with Crippen molar-refractivity contribution in [3.8, 4) is 0 Å². The Hall–Kier alpha value is -2.03.